The van der Waals surface area contributed by atoms with Crippen LogP contribution in [0.1, 0.15) is 36.4 Å². The van der Waals surface area contributed by atoms with Gasteiger partial charge in [0.15, 0.2) is 0 Å². The third kappa shape index (κ3) is 1.62. The quantitative estimate of drug-likeness (QED) is 0.873. The first kappa shape index (κ1) is 11.9. The van der Waals surface area contributed by atoms with Crippen molar-refractivity contribution in [2.45, 2.75) is 32.2 Å². The Morgan fingerprint density at radius 1 is 1.21 bits per heavy atom. The standard InChI is InChI=1S/C17H22FN/c1-9-3-6-12(18)8-13(9)17(19-2)16-14-10-4-5-11(7-10)15(14)16/h3,6,8,10-11,14-17,19H,4-5,7H2,1-2H3. The third-order valence-corrected chi connectivity index (χ3v) is 6.07. The molecule has 0 saturated heterocycles. The predicted octanol–water partition coefficient (Wildman–Crippen LogP) is 3.69. The molecule has 0 aromatic heterocycles. The van der Waals surface area contributed by atoms with E-state index >= 15 is 0 Å². The van der Waals surface area contributed by atoms with Gasteiger partial charge in [-0.25, -0.2) is 4.39 Å². The number of nitrogens with one attached hydrogen (secondary N) is 1. The molecule has 1 N–H and O–H groups in total. The smallest absolute Gasteiger partial charge is 0.123 e. The normalized spacial score (nSPS) is 40.3. The van der Waals surface area contributed by atoms with Crippen LogP contribution in [-0.4, -0.2) is 7.05 Å². The lowest BCUT2D eigenvalue weighted by atomic mass is 9.91. The molecule has 1 aromatic carbocycles. The minimum absolute atomic E-state index is 0.102. The summed E-state index contributed by atoms with van der Waals surface area (Å²) in [6, 6.07) is 5.59. The highest BCUT2D eigenvalue weighted by molar-refractivity contribution is 5.33. The van der Waals surface area contributed by atoms with Gasteiger partial charge in [0.2, 0.25) is 0 Å². The van der Waals surface area contributed by atoms with E-state index in [1.807, 2.05) is 13.1 Å². The van der Waals surface area contributed by atoms with Crippen LogP contribution in [-0.2, 0) is 0 Å². The fraction of sp³-hybridized carbons (Fsp3) is 0.647. The molecule has 102 valence electrons. The van der Waals surface area contributed by atoms with Crippen molar-refractivity contribution in [3.8, 4) is 0 Å². The van der Waals surface area contributed by atoms with E-state index in [0.717, 1.165) is 29.6 Å². The van der Waals surface area contributed by atoms with Gasteiger partial charge in [-0.15, -0.1) is 0 Å². The van der Waals surface area contributed by atoms with E-state index in [9.17, 15) is 4.39 Å². The Kier molecular flexibility index (Phi) is 2.54. The fourth-order valence-electron chi connectivity index (χ4n) is 5.34. The van der Waals surface area contributed by atoms with Crippen LogP contribution >= 0.6 is 0 Å². The molecule has 4 rings (SSSR count). The first-order valence-electron chi connectivity index (χ1n) is 7.64. The maximum atomic E-state index is 13.6. The van der Waals surface area contributed by atoms with Crippen molar-refractivity contribution >= 4 is 0 Å². The van der Waals surface area contributed by atoms with E-state index in [4.69, 9.17) is 0 Å². The van der Waals surface area contributed by atoms with Crippen molar-refractivity contribution < 1.29 is 4.39 Å². The highest BCUT2D eigenvalue weighted by Gasteiger charge is 2.66. The Morgan fingerprint density at radius 2 is 1.89 bits per heavy atom. The van der Waals surface area contributed by atoms with E-state index < -0.39 is 0 Å². The van der Waals surface area contributed by atoms with Crippen LogP contribution in [0, 0.1) is 42.3 Å². The molecule has 0 heterocycles. The molecule has 1 nitrogen and oxygen atoms in total. The molecule has 0 aliphatic heterocycles. The topological polar surface area (TPSA) is 12.0 Å². The van der Waals surface area contributed by atoms with Crippen LogP contribution in [0.25, 0.3) is 0 Å². The van der Waals surface area contributed by atoms with Crippen LogP contribution in [0.5, 0.6) is 0 Å². The lowest BCUT2D eigenvalue weighted by molar-refractivity contribution is 0.384. The van der Waals surface area contributed by atoms with Gasteiger partial charge < -0.3 is 5.32 Å². The van der Waals surface area contributed by atoms with Gasteiger partial charge in [-0.3, -0.25) is 0 Å². The molecule has 3 aliphatic carbocycles. The van der Waals surface area contributed by atoms with Crippen LogP contribution in [0.3, 0.4) is 0 Å². The molecule has 19 heavy (non-hydrogen) atoms. The first-order valence-corrected chi connectivity index (χ1v) is 7.64. The summed E-state index contributed by atoms with van der Waals surface area (Å²) in [4.78, 5) is 0. The predicted molar refractivity (Wildman–Crippen MR) is 74.2 cm³/mol. The molecule has 0 radical (unpaired) electrons. The summed E-state index contributed by atoms with van der Waals surface area (Å²) >= 11 is 0. The molecule has 2 heteroatoms. The molecular formula is C17H22FN. The second kappa shape index (κ2) is 4.05. The number of aryl methyl sites for hydroxylation is 1. The summed E-state index contributed by atoms with van der Waals surface area (Å²) < 4.78 is 13.6. The number of halogens is 1. The molecule has 3 fully saturated rings. The van der Waals surface area contributed by atoms with Gasteiger partial charge >= 0.3 is 0 Å². The second-order valence-corrected chi connectivity index (χ2v) is 6.83. The molecule has 2 bridgehead atoms. The Bertz CT molecular complexity index is 496. The van der Waals surface area contributed by atoms with Gasteiger partial charge in [0.1, 0.15) is 5.82 Å². The van der Waals surface area contributed by atoms with Crippen molar-refractivity contribution in [2.24, 2.45) is 29.6 Å². The number of fused-ring (bicyclic) bond motifs is 5. The number of benzene rings is 1. The zero-order valence-electron chi connectivity index (χ0n) is 11.7. The van der Waals surface area contributed by atoms with Crippen molar-refractivity contribution in [1.82, 2.24) is 5.32 Å². The van der Waals surface area contributed by atoms with Gasteiger partial charge in [0.25, 0.3) is 0 Å². The van der Waals surface area contributed by atoms with Gasteiger partial charge in [0, 0.05) is 6.04 Å². The summed E-state index contributed by atoms with van der Waals surface area (Å²) in [6.07, 6.45) is 4.37. The first-order chi connectivity index (χ1) is 9.20. The van der Waals surface area contributed by atoms with Crippen LogP contribution in [0.4, 0.5) is 4.39 Å². The van der Waals surface area contributed by atoms with Crippen molar-refractivity contribution in [3.63, 3.8) is 0 Å². The molecule has 0 amide bonds. The number of hydrogen-bond acceptors (Lipinski definition) is 1. The van der Waals surface area contributed by atoms with Crippen molar-refractivity contribution in [1.29, 1.82) is 0 Å². The van der Waals surface area contributed by atoms with E-state index in [1.165, 1.54) is 30.4 Å². The zero-order valence-corrected chi connectivity index (χ0v) is 11.7. The van der Waals surface area contributed by atoms with E-state index in [0.29, 0.717) is 6.04 Å². The molecular weight excluding hydrogens is 237 g/mol. The van der Waals surface area contributed by atoms with Crippen LogP contribution in [0.2, 0.25) is 0 Å². The largest absolute Gasteiger partial charge is 0.313 e. The number of rotatable bonds is 3. The molecule has 3 aliphatic rings. The summed E-state index contributed by atoms with van der Waals surface area (Å²) in [5.41, 5.74) is 2.40. The summed E-state index contributed by atoms with van der Waals surface area (Å²) in [5.74, 6) is 4.47. The average molecular weight is 259 g/mol. The Labute approximate surface area is 114 Å². The zero-order chi connectivity index (χ0) is 13.1. The second-order valence-electron chi connectivity index (χ2n) is 6.83. The summed E-state index contributed by atoms with van der Waals surface area (Å²) in [7, 11) is 2.03. The van der Waals surface area contributed by atoms with Crippen LogP contribution < -0.4 is 5.32 Å². The Hall–Kier alpha value is -0.890. The molecule has 0 spiro atoms. The monoisotopic (exact) mass is 259 g/mol. The Morgan fingerprint density at radius 3 is 2.53 bits per heavy atom. The van der Waals surface area contributed by atoms with Gasteiger partial charge in [-0.1, -0.05) is 6.07 Å². The third-order valence-electron chi connectivity index (χ3n) is 6.07. The van der Waals surface area contributed by atoms with Crippen LogP contribution in [0.15, 0.2) is 18.2 Å². The van der Waals surface area contributed by atoms with E-state index in [-0.39, 0.29) is 5.82 Å². The molecule has 3 saturated carbocycles. The van der Waals surface area contributed by atoms with Crippen molar-refractivity contribution in [3.05, 3.63) is 35.1 Å². The van der Waals surface area contributed by atoms with Crippen molar-refractivity contribution in [2.75, 3.05) is 7.05 Å². The SMILES string of the molecule is CNC(c1cc(F)ccc1C)C1C2C3CCC(C3)C21. The number of hydrogen-bond donors (Lipinski definition) is 1. The fourth-order valence-corrected chi connectivity index (χ4v) is 5.34. The van der Waals surface area contributed by atoms with E-state index in [2.05, 4.69) is 12.2 Å². The van der Waals surface area contributed by atoms with Gasteiger partial charge in [0.05, 0.1) is 0 Å². The highest BCUT2D eigenvalue weighted by Crippen LogP contribution is 2.72. The molecule has 5 atom stereocenters. The maximum absolute atomic E-state index is 13.6. The Balaban J connectivity index is 1.64. The highest BCUT2D eigenvalue weighted by atomic mass is 19.1. The summed E-state index contributed by atoms with van der Waals surface area (Å²) in [6.45, 7) is 2.10. The maximum Gasteiger partial charge on any atom is 0.123 e. The lowest BCUT2D eigenvalue weighted by Crippen LogP contribution is -2.23. The average Bonchev–Trinajstić information content (AvgIpc) is 2.82. The minimum Gasteiger partial charge on any atom is -0.313 e. The minimum atomic E-state index is -0.102. The lowest BCUT2D eigenvalue weighted by Gasteiger charge is -2.22. The van der Waals surface area contributed by atoms with Gasteiger partial charge in [-0.2, -0.15) is 0 Å². The molecule has 1 aromatic rings. The van der Waals surface area contributed by atoms with E-state index in [1.54, 1.807) is 12.1 Å². The van der Waals surface area contributed by atoms with Gasteiger partial charge in [-0.05, 0) is 86.1 Å². The summed E-state index contributed by atoms with van der Waals surface area (Å²) in [5, 5.41) is 3.48. The molecule has 5 unspecified atom stereocenters.